The van der Waals surface area contributed by atoms with Gasteiger partial charge in [-0.2, -0.15) is 0 Å². The maximum Gasteiger partial charge on any atom is 0.335 e. The summed E-state index contributed by atoms with van der Waals surface area (Å²) in [6.07, 6.45) is 3.12. The fourth-order valence-electron chi connectivity index (χ4n) is 2.59. The minimum Gasteiger partial charge on any atom is -0.378 e. The molecule has 0 aromatic carbocycles. The summed E-state index contributed by atoms with van der Waals surface area (Å²) in [7, 11) is 0. The molecular weight excluding hydrogens is 398 g/mol. The molecular formula is C19H25N3O8. The lowest BCUT2D eigenvalue weighted by Crippen LogP contribution is -2.35. The fraction of sp³-hybridized carbons (Fsp3) is 0.526. The number of carbonyl (C=O) groups excluding carboxylic acids is 5. The van der Waals surface area contributed by atoms with Gasteiger partial charge in [0.15, 0.2) is 0 Å². The van der Waals surface area contributed by atoms with Crippen LogP contribution in [0.1, 0.15) is 25.7 Å². The summed E-state index contributed by atoms with van der Waals surface area (Å²) in [5.74, 6) is -1.99. The molecule has 0 atom stereocenters. The fourth-order valence-corrected chi connectivity index (χ4v) is 2.59. The number of imide groups is 1. The molecule has 0 radical (unpaired) electrons. The highest BCUT2D eigenvalue weighted by Crippen LogP contribution is 2.20. The summed E-state index contributed by atoms with van der Waals surface area (Å²) in [6.45, 7) is 4.87. The third-order valence-corrected chi connectivity index (χ3v) is 4.19. The number of hydrogen-bond acceptors (Lipinski definition) is 8. The van der Waals surface area contributed by atoms with E-state index in [1.54, 1.807) is 0 Å². The number of carbonyl (C=O) groups is 5. The first kappa shape index (κ1) is 23.2. The van der Waals surface area contributed by atoms with Crippen molar-refractivity contribution in [2.75, 3.05) is 39.5 Å². The molecule has 11 nitrogen and oxygen atoms in total. The SMILES string of the molecule is C=C1CCC(=O)N1OC(=O)CCOCCOCCNC(=O)CCN1C(=O)C=CC1=O. The van der Waals surface area contributed by atoms with Crippen LogP contribution in [0.15, 0.2) is 24.4 Å². The Kier molecular flexibility index (Phi) is 9.16. The predicted octanol–water partition coefficient (Wildman–Crippen LogP) is -0.565. The van der Waals surface area contributed by atoms with Crippen LogP contribution in [0.3, 0.4) is 0 Å². The molecule has 11 heteroatoms. The number of allylic oxidation sites excluding steroid dienone is 1. The Morgan fingerprint density at radius 3 is 2.27 bits per heavy atom. The lowest BCUT2D eigenvalue weighted by atomic mass is 10.3. The van der Waals surface area contributed by atoms with E-state index in [1.165, 1.54) is 12.2 Å². The molecule has 2 rings (SSSR count). The van der Waals surface area contributed by atoms with Gasteiger partial charge in [-0.3, -0.25) is 24.1 Å². The highest BCUT2D eigenvalue weighted by molar-refractivity contribution is 6.13. The number of hydrogen-bond donors (Lipinski definition) is 1. The molecule has 164 valence electrons. The largest absolute Gasteiger partial charge is 0.378 e. The molecule has 2 aliphatic rings. The summed E-state index contributed by atoms with van der Waals surface area (Å²) in [5.41, 5.74) is 0.463. The van der Waals surface area contributed by atoms with E-state index >= 15 is 0 Å². The topological polar surface area (TPSA) is 132 Å². The van der Waals surface area contributed by atoms with Crippen LogP contribution in [-0.4, -0.2) is 79.1 Å². The van der Waals surface area contributed by atoms with Gasteiger partial charge in [0, 0.05) is 38.1 Å². The molecule has 2 aliphatic heterocycles. The van der Waals surface area contributed by atoms with Crippen molar-refractivity contribution in [1.29, 1.82) is 0 Å². The molecule has 0 spiro atoms. The Morgan fingerprint density at radius 1 is 0.967 bits per heavy atom. The van der Waals surface area contributed by atoms with Crippen molar-refractivity contribution in [1.82, 2.24) is 15.3 Å². The molecule has 0 aromatic heterocycles. The van der Waals surface area contributed by atoms with Crippen LogP contribution in [0.2, 0.25) is 0 Å². The standard InChI is InChI=1S/C19H25N3O8/c1-14-2-3-18(26)22(14)30-19(27)7-10-28-12-13-29-11-8-20-15(23)6-9-21-16(24)4-5-17(21)25/h4-5H,1-3,6-13H2,(H,20,23). The number of hydroxylamine groups is 2. The Hall–Kier alpha value is -3.05. The second kappa shape index (κ2) is 11.8. The van der Waals surface area contributed by atoms with Crippen molar-refractivity contribution in [3.05, 3.63) is 24.4 Å². The summed E-state index contributed by atoms with van der Waals surface area (Å²) < 4.78 is 10.5. The summed E-state index contributed by atoms with van der Waals surface area (Å²) in [5, 5.41) is 3.55. The third kappa shape index (κ3) is 7.41. The first-order valence-electron chi connectivity index (χ1n) is 9.55. The zero-order valence-electron chi connectivity index (χ0n) is 16.6. The van der Waals surface area contributed by atoms with E-state index < -0.39 is 17.8 Å². The van der Waals surface area contributed by atoms with Gasteiger partial charge in [0.2, 0.25) is 5.91 Å². The first-order chi connectivity index (χ1) is 14.4. The molecule has 1 N–H and O–H groups in total. The molecule has 0 bridgehead atoms. The van der Waals surface area contributed by atoms with Gasteiger partial charge in [-0.15, -0.1) is 5.06 Å². The van der Waals surface area contributed by atoms with E-state index in [1.807, 2.05) is 0 Å². The maximum atomic E-state index is 11.7. The number of ether oxygens (including phenoxy) is 2. The van der Waals surface area contributed by atoms with Gasteiger partial charge in [-0.25, -0.2) is 4.79 Å². The van der Waals surface area contributed by atoms with Crippen molar-refractivity contribution < 1.29 is 38.3 Å². The van der Waals surface area contributed by atoms with Gasteiger partial charge < -0.3 is 19.6 Å². The molecule has 0 saturated carbocycles. The van der Waals surface area contributed by atoms with Crippen LogP contribution in [0.25, 0.3) is 0 Å². The predicted molar refractivity (Wildman–Crippen MR) is 101 cm³/mol. The monoisotopic (exact) mass is 423 g/mol. The van der Waals surface area contributed by atoms with Crippen LogP contribution in [0.5, 0.6) is 0 Å². The van der Waals surface area contributed by atoms with Crippen LogP contribution in [-0.2, 0) is 38.3 Å². The zero-order chi connectivity index (χ0) is 21.9. The highest BCUT2D eigenvalue weighted by Gasteiger charge is 2.28. The van der Waals surface area contributed by atoms with Gasteiger partial charge in [0.25, 0.3) is 17.7 Å². The molecule has 0 unspecified atom stereocenters. The Balaban J connectivity index is 1.40. The third-order valence-electron chi connectivity index (χ3n) is 4.19. The number of amides is 4. The minimum absolute atomic E-state index is 0.00927. The second-order valence-corrected chi connectivity index (χ2v) is 6.45. The Labute approximate surface area is 173 Å². The zero-order valence-corrected chi connectivity index (χ0v) is 16.6. The number of nitrogens with zero attached hydrogens (tertiary/aromatic N) is 2. The number of nitrogens with one attached hydrogen (secondary N) is 1. The van der Waals surface area contributed by atoms with Crippen LogP contribution in [0, 0.1) is 0 Å². The smallest absolute Gasteiger partial charge is 0.335 e. The van der Waals surface area contributed by atoms with Crippen molar-refractivity contribution in [2.24, 2.45) is 0 Å². The second-order valence-electron chi connectivity index (χ2n) is 6.45. The average molecular weight is 423 g/mol. The van der Waals surface area contributed by atoms with E-state index in [-0.39, 0.29) is 70.6 Å². The van der Waals surface area contributed by atoms with Crippen molar-refractivity contribution in [2.45, 2.75) is 25.7 Å². The van der Waals surface area contributed by atoms with E-state index in [2.05, 4.69) is 11.9 Å². The minimum atomic E-state index is -0.580. The van der Waals surface area contributed by atoms with Gasteiger partial charge >= 0.3 is 5.97 Å². The molecule has 2 heterocycles. The molecule has 1 saturated heterocycles. The summed E-state index contributed by atoms with van der Waals surface area (Å²) in [4.78, 5) is 63.4. The first-order valence-corrected chi connectivity index (χ1v) is 9.55. The normalized spacial score (nSPS) is 16.0. The van der Waals surface area contributed by atoms with Crippen LogP contribution < -0.4 is 5.32 Å². The molecule has 30 heavy (non-hydrogen) atoms. The maximum absolute atomic E-state index is 11.7. The van der Waals surface area contributed by atoms with Gasteiger partial charge in [0.1, 0.15) is 0 Å². The Bertz CT molecular complexity index is 699. The average Bonchev–Trinajstić information content (AvgIpc) is 3.20. The lowest BCUT2D eigenvalue weighted by molar-refractivity contribution is -0.187. The molecule has 0 aromatic rings. The van der Waals surface area contributed by atoms with Crippen molar-refractivity contribution >= 4 is 29.6 Å². The van der Waals surface area contributed by atoms with E-state index in [0.717, 1.165) is 9.96 Å². The van der Waals surface area contributed by atoms with Crippen molar-refractivity contribution in [3.8, 4) is 0 Å². The molecule has 0 aliphatic carbocycles. The van der Waals surface area contributed by atoms with Crippen LogP contribution >= 0.6 is 0 Å². The van der Waals surface area contributed by atoms with Gasteiger partial charge in [-0.05, 0) is 6.42 Å². The van der Waals surface area contributed by atoms with Crippen LogP contribution in [0.4, 0.5) is 0 Å². The quantitative estimate of drug-likeness (QED) is 0.308. The number of rotatable bonds is 13. The highest BCUT2D eigenvalue weighted by atomic mass is 16.7. The lowest BCUT2D eigenvalue weighted by Gasteiger charge is -2.15. The van der Waals surface area contributed by atoms with E-state index in [4.69, 9.17) is 14.3 Å². The Morgan fingerprint density at radius 2 is 1.63 bits per heavy atom. The van der Waals surface area contributed by atoms with Gasteiger partial charge in [0.05, 0.1) is 38.5 Å². The van der Waals surface area contributed by atoms with E-state index in [0.29, 0.717) is 12.1 Å². The van der Waals surface area contributed by atoms with Crippen molar-refractivity contribution in [3.63, 3.8) is 0 Å². The summed E-state index contributed by atoms with van der Waals surface area (Å²) in [6, 6.07) is 0. The van der Waals surface area contributed by atoms with E-state index in [9.17, 15) is 24.0 Å². The molecule has 1 fully saturated rings. The molecule has 4 amide bonds. The summed E-state index contributed by atoms with van der Waals surface area (Å²) >= 11 is 0. The van der Waals surface area contributed by atoms with Gasteiger partial charge in [-0.1, -0.05) is 6.58 Å².